The SMILES string of the molecule is O=C(Oc1cccnc1)c1cc(C(=O)O)sn1. The lowest BCUT2D eigenvalue weighted by molar-refractivity contribution is 0.0702. The highest BCUT2D eigenvalue weighted by molar-refractivity contribution is 7.08. The number of esters is 1. The van der Waals surface area contributed by atoms with Crippen LogP contribution >= 0.6 is 11.5 Å². The molecular formula is C10H6N2O4S. The van der Waals surface area contributed by atoms with Gasteiger partial charge < -0.3 is 9.84 Å². The van der Waals surface area contributed by atoms with E-state index in [0.29, 0.717) is 0 Å². The molecule has 1 N–H and O–H groups in total. The number of rotatable bonds is 3. The van der Waals surface area contributed by atoms with E-state index in [2.05, 4.69) is 9.36 Å². The highest BCUT2D eigenvalue weighted by Gasteiger charge is 2.16. The number of carbonyl (C=O) groups is 2. The van der Waals surface area contributed by atoms with Gasteiger partial charge in [0.15, 0.2) is 5.69 Å². The second-order valence-corrected chi connectivity index (χ2v) is 3.76. The number of carboxylic acid groups (broad SMARTS) is 1. The lowest BCUT2D eigenvalue weighted by atomic mass is 10.4. The van der Waals surface area contributed by atoms with Crippen molar-refractivity contribution < 1.29 is 19.4 Å². The third kappa shape index (κ3) is 2.64. The first-order chi connectivity index (χ1) is 8.16. The largest absolute Gasteiger partial charge is 0.477 e. The first kappa shape index (κ1) is 11.2. The van der Waals surface area contributed by atoms with Crippen molar-refractivity contribution in [2.45, 2.75) is 0 Å². The van der Waals surface area contributed by atoms with Gasteiger partial charge in [0, 0.05) is 6.20 Å². The standard InChI is InChI=1S/C10H6N2O4S/c13-9(14)8-4-7(12-17-8)10(15)16-6-2-1-3-11-5-6/h1-5H,(H,13,14). The third-order valence-corrected chi connectivity index (χ3v) is 2.55. The van der Waals surface area contributed by atoms with Gasteiger partial charge in [-0.3, -0.25) is 4.98 Å². The number of carbonyl (C=O) groups excluding carboxylic acids is 1. The van der Waals surface area contributed by atoms with E-state index >= 15 is 0 Å². The first-order valence-corrected chi connectivity index (χ1v) is 5.26. The summed E-state index contributed by atoms with van der Waals surface area (Å²) in [5, 5.41) is 8.68. The number of hydrogen-bond acceptors (Lipinski definition) is 6. The summed E-state index contributed by atoms with van der Waals surface area (Å²) in [6.45, 7) is 0. The van der Waals surface area contributed by atoms with E-state index in [0.717, 1.165) is 11.5 Å². The first-order valence-electron chi connectivity index (χ1n) is 4.49. The highest BCUT2D eigenvalue weighted by atomic mass is 32.1. The predicted molar refractivity (Wildman–Crippen MR) is 58.3 cm³/mol. The second kappa shape index (κ2) is 4.71. The molecule has 86 valence electrons. The van der Waals surface area contributed by atoms with Crippen molar-refractivity contribution in [3.05, 3.63) is 41.2 Å². The Bertz CT molecular complexity index is 552. The molecule has 2 heterocycles. The molecule has 2 rings (SSSR count). The van der Waals surface area contributed by atoms with Crippen molar-refractivity contribution in [3.8, 4) is 5.75 Å². The highest BCUT2D eigenvalue weighted by Crippen LogP contribution is 2.13. The van der Waals surface area contributed by atoms with Gasteiger partial charge in [-0.1, -0.05) is 0 Å². The Morgan fingerprint density at radius 2 is 2.24 bits per heavy atom. The van der Waals surface area contributed by atoms with Crippen molar-refractivity contribution in [2.75, 3.05) is 0 Å². The van der Waals surface area contributed by atoms with E-state index in [1.807, 2.05) is 0 Å². The quantitative estimate of drug-likeness (QED) is 0.829. The molecule has 0 saturated carbocycles. The lowest BCUT2D eigenvalue weighted by Gasteiger charge is -1.99. The molecule has 0 atom stereocenters. The predicted octanol–water partition coefficient (Wildman–Crippen LogP) is 1.46. The van der Waals surface area contributed by atoms with Gasteiger partial charge in [-0.05, 0) is 29.7 Å². The van der Waals surface area contributed by atoms with Gasteiger partial charge in [0.1, 0.15) is 10.6 Å². The molecule has 0 saturated heterocycles. The fraction of sp³-hybridized carbons (Fsp3) is 0. The van der Waals surface area contributed by atoms with Gasteiger partial charge in [0.2, 0.25) is 0 Å². The number of carboxylic acids is 1. The van der Waals surface area contributed by atoms with Crippen LogP contribution in [-0.4, -0.2) is 26.4 Å². The van der Waals surface area contributed by atoms with Crippen LogP contribution in [0.3, 0.4) is 0 Å². The molecule has 0 aliphatic carbocycles. The summed E-state index contributed by atoms with van der Waals surface area (Å²) in [6.07, 6.45) is 2.92. The van der Waals surface area contributed by atoms with Gasteiger partial charge >= 0.3 is 11.9 Å². The smallest absolute Gasteiger partial charge is 0.363 e. The fourth-order valence-corrected chi connectivity index (χ4v) is 1.61. The number of hydrogen-bond donors (Lipinski definition) is 1. The maximum atomic E-state index is 11.6. The molecule has 0 radical (unpaired) electrons. The monoisotopic (exact) mass is 250 g/mol. The van der Waals surface area contributed by atoms with Crippen molar-refractivity contribution in [1.29, 1.82) is 0 Å². The molecule has 7 heteroatoms. The topological polar surface area (TPSA) is 89.4 Å². The van der Waals surface area contributed by atoms with Crippen LogP contribution in [0.2, 0.25) is 0 Å². The second-order valence-electron chi connectivity index (χ2n) is 2.96. The summed E-state index contributed by atoms with van der Waals surface area (Å²) in [7, 11) is 0. The Morgan fingerprint density at radius 1 is 1.41 bits per heavy atom. The van der Waals surface area contributed by atoms with Crippen LogP contribution in [0.4, 0.5) is 0 Å². The molecule has 0 aliphatic rings. The van der Waals surface area contributed by atoms with E-state index in [1.165, 1.54) is 12.3 Å². The minimum Gasteiger partial charge on any atom is -0.477 e. The zero-order chi connectivity index (χ0) is 12.3. The minimum absolute atomic E-state index is 0.0110. The van der Waals surface area contributed by atoms with E-state index in [4.69, 9.17) is 9.84 Å². The van der Waals surface area contributed by atoms with E-state index in [-0.39, 0.29) is 16.3 Å². The molecule has 0 unspecified atom stereocenters. The molecule has 2 aromatic heterocycles. The van der Waals surface area contributed by atoms with Crippen LogP contribution in [0.15, 0.2) is 30.6 Å². The average molecular weight is 250 g/mol. The van der Waals surface area contributed by atoms with Crippen LogP contribution in [0.5, 0.6) is 5.75 Å². The third-order valence-electron chi connectivity index (χ3n) is 1.78. The van der Waals surface area contributed by atoms with Crippen LogP contribution < -0.4 is 4.74 Å². The lowest BCUT2D eigenvalue weighted by Crippen LogP contribution is -2.08. The summed E-state index contributed by atoms with van der Waals surface area (Å²) in [5.74, 6) is -1.55. The van der Waals surface area contributed by atoms with Crippen LogP contribution in [0.1, 0.15) is 20.2 Å². The number of nitrogens with zero attached hydrogens (tertiary/aromatic N) is 2. The minimum atomic E-state index is -1.12. The molecule has 0 aliphatic heterocycles. The average Bonchev–Trinajstić information content (AvgIpc) is 2.79. The molecule has 6 nitrogen and oxygen atoms in total. The van der Waals surface area contributed by atoms with Crippen molar-refractivity contribution in [2.24, 2.45) is 0 Å². The van der Waals surface area contributed by atoms with E-state index in [9.17, 15) is 9.59 Å². The Balaban J connectivity index is 2.12. The number of ether oxygens (including phenoxy) is 1. The zero-order valence-electron chi connectivity index (χ0n) is 8.36. The van der Waals surface area contributed by atoms with E-state index < -0.39 is 11.9 Å². The van der Waals surface area contributed by atoms with Crippen LogP contribution in [0, 0.1) is 0 Å². The molecular weight excluding hydrogens is 244 g/mol. The number of aromatic carboxylic acids is 1. The molecule has 2 aromatic rings. The van der Waals surface area contributed by atoms with Crippen LogP contribution in [0.25, 0.3) is 0 Å². The number of aromatic nitrogens is 2. The Labute approximate surface area is 99.7 Å². The van der Waals surface area contributed by atoms with Crippen molar-refractivity contribution >= 4 is 23.5 Å². The fourth-order valence-electron chi connectivity index (χ4n) is 1.04. The summed E-state index contributed by atoms with van der Waals surface area (Å²) in [4.78, 5) is 25.9. The van der Waals surface area contributed by atoms with Gasteiger partial charge in [0.25, 0.3) is 0 Å². The number of pyridine rings is 1. The maximum absolute atomic E-state index is 11.6. The Morgan fingerprint density at radius 3 is 2.82 bits per heavy atom. The molecule has 0 amide bonds. The molecule has 17 heavy (non-hydrogen) atoms. The van der Waals surface area contributed by atoms with Gasteiger partial charge in [-0.15, -0.1) is 0 Å². The van der Waals surface area contributed by atoms with Crippen LogP contribution in [-0.2, 0) is 0 Å². The van der Waals surface area contributed by atoms with Crippen molar-refractivity contribution in [1.82, 2.24) is 9.36 Å². The molecule has 0 aromatic carbocycles. The normalized spacial score (nSPS) is 9.88. The van der Waals surface area contributed by atoms with Gasteiger partial charge in [0.05, 0.1) is 6.20 Å². The summed E-state index contributed by atoms with van der Waals surface area (Å²) < 4.78 is 8.64. The molecule has 0 bridgehead atoms. The Hall–Kier alpha value is -2.28. The maximum Gasteiger partial charge on any atom is 0.363 e. The molecule has 0 spiro atoms. The summed E-state index contributed by atoms with van der Waals surface area (Å²) in [5.41, 5.74) is -0.0312. The molecule has 0 fully saturated rings. The Kier molecular flexibility index (Phi) is 3.10. The van der Waals surface area contributed by atoms with Crippen molar-refractivity contribution in [3.63, 3.8) is 0 Å². The summed E-state index contributed by atoms with van der Waals surface area (Å²) >= 11 is 0.731. The van der Waals surface area contributed by atoms with Gasteiger partial charge in [-0.2, -0.15) is 4.37 Å². The van der Waals surface area contributed by atoms with E-state index in [1.54, 1.807) is 18.3 Å². The zero-order valence-corrected chi connectivity index (χ0v) is 9.18. The van der Waals surface area contributed by atoms with Gasteiger partial charge in [-0.25, -0.2) is 9.59 Å². The summed E-state index contributed by atoms with van der Waals surface area (Å²) in [6, 6.07) is 4.35.